The van der Waals surface area contributed by atoms with Gasteiger partial charge in [-0.25, -0.2) is 4.79 Å². The molecule has 2 heterocycles. The molecule has 0 unspecified atom stereocenters. The normalized spacial score (nSPS) is 16.4. The smallest absolute Gasteiger partial charge is 0.348 e. The molecule has 1 N–H and O–H groups in total. The number of halogens is 1. The lowest BCUT2D eigenvalue weighted by Crippen LogP contribution is -2.46. The van der Waals surface area contributed by atoms with Crippen LogP contribution >= 0.6 is 11.6 Å². The van der Waals surface area contributed by atoms with Crippen LogP contribution in [0.3, 0.4) is 0 Å². The fourth-order valence-corrected chi connectivity index (χ4v) is 4.18. The van der Waals surface area contributed by atoms with Crippen molar-refractivity contribution in [1.29, 1.82) is 0 Å². The van der Waals surface area contributed by atoms with Gasteiger partial charge in [0.05, 0.1) is 14.2 Å². The number of carbonyl (C=O) groups is 2. The number of carbonyl (C=O) groups excluding carboxylic acids is 2. The van der Waals surface area contributed by atoms with Crippen molar-refractivity contribution in [3.05, 3.63) is 68.7 Å². The summed E-state index contributed by atoms with van der Waals surface area (Å²) >= 11 is 5.90. The van der Waals surface area contributed by atoms with Gasteiger partial charge in [-0.1, -0.05) is 37.4 Å². The van der Waals surface area contributed by atoms with Crippen molar-refractivity contribution >= 4 is 23.4 Å². The molecule has 188 valence electrons. The quantitative estimate of drug-likeness (QED) is 0.492. The number of amides is 2. The Labute approximate surface area is 209 Å². The zero-order valence-electron chi connectivity index (χ0n) is 20.3. The van der Waals surface area contributed by atoms with Crippen molar-refractivity contribution in [2.75, 3.05) is 20.8 Å². The Morgan fingerprint density at radius 3 is 2.60 bits per heavy atom. The fourth-order valence-electron chi connectivity index (χ4n) is 4.03. The van der Waals surface area contributed by atoms with E-state index in [4.69, 9.17) is 25.5 Å². The highest BCUT2D eigenvalue weighted by Gasteiger charge is 2.38. The molecule has 35 heavy (non-hydrogen) atoms. The summed E-state index contributed by atoms with van der Waals surface area (Å²) in [6.07, 6.45) is 3.92. The molecule has 9 heteroatoms. The van der Waals surface area contributed by atoms with E-state index < -0.39 is 17.6 Å². The van der Waals surface area contributed by atoms with Crippen LogP contribution in [0.25, 0.3) is 0 Å². The summed E-state index contributed by atoms with van der Waals surface area (Å²) in [6.45, 7) is 2.48. The standard InChI is InChI=1S/C26H31ClN2O6/c1-4-5-6-7-19-9-10-20(26(32)35-19)25(31)29-16-18(14-27)12-21(29)24(30)28-15-17-8-11-22(33-2)23(13-17)34-3/h8-11,13-14,21H,4-7,12,15-16H2,1-3H3,(H,28,30)/b18-14+/t21-/m0/s1. The molecule has 8 nitrogen and oxygen atoms in total. The van der Waals surface area contributed by atoms with Crippen LogP contribution in [0.2, 0.25) is 0 Å². The number of rotatable bonds is 10. The van der Waals surface area contributed by atoms with E-state index in [1.807, 2.05) is 6.07 Å². The second-order valence-corrected chi connectivity index (χ2v) is 8.61. The third kappa shape index (κ3) is 6.45. The summed E-state index contributed by atoms with van der Waals surface area (Å²) in [5.74, 6) is 0.782. The van der Waals surface area contributed by atoms with Crippen LogP contribution in [-0.4, -0.2) is 43.5 Å². The molecule has 0 bridgehead atoms. The van der Waals surface area contributed by atoms with Gasteiger partial charge in [-0.3, -0.25) is 9.59 Å². The number of nitrogens with one attached hydrogen (secondary N) is 1. The molecule has 0 saturated carbocycles. The number of methoxy groups -OCH3 is 2. The molecule has 1 aromatic heterocycles. The minimum Gasteiger partial charge on any atom is -0.493 e. The molecule has 0 spiro atoms. The van der Waals surface area contributed by atoms with E-state index in [1.165, 1.54) is 23.6 Å². The van der Waals surface area contributed by atoms with E-state index >= 15 is 0 Å². The monoisotopic (exact) mass is 502 g/mol. The molecule has 0 radical (unpaired) electrons. The average molecular weight is 503 g/mol. The van der Waals surface area contributed by atoms with Crippen LogP contribution in [0.15, 0.2) is 50.7 Å². The highest BCUT2D eigenvalue weighted by atomic mass is 35.5. The summed E-state index contributed by atoms with van der Waals surface area (Å²) in [4.78, 5) is 40.2. The van der Waals surface area contributed by atoms with Gasteiger partial charge in [0.15, 0.2) is 11.5 Å². The molecule has 1 aliphatic heterocycles. The van der Waals surface area contributed by atoms with Gasteiger partial charge < -0.3 is 24.1 Å². The Bertz CT molecular complexity index is 1140. The zero-order chi connectivity index (χ0) is 25.4. The summed E-state index contributed by atoms with van der Waals surface area (Å²) in [5, 5.41) is 2.86. The van der Waals surface area contributed by atoms with Crippen molar-refractivity contribution in [3.8, 4) is 11.5 Å². The molecular formula is C26H31ClN2O6. The van der Waals surface area contributed by atoms with Crippen LogP contribution in [-0.2, 0) is 17.8 Å². The van der Waals surface area contributed by atoms with E-state index in [2.05, 4.69) is 12.2 Å². The molecule has 3 rings (SSSR count). The number of unbranched alkanes of at least 4 members (excludes halogenated alkanes) is 2. The van der Waals surface area contributed by atoms with Crippen molar-refractivity contribution in [2.24, 2.45) is 0 Å². The van der Waals surface area contributed by atoms with Gasteiger partial charge in [0.2, 0.25) is 5.91 Å². The highest BCUT2D eigenvalue weighted by molar-refractivity contribution is 6.25. The fraction of sp³-hybridized carbons (Fsp3) is 0.423. The maximum Gasteiger partial charge on any atom is 0.348 e. The lowest BCUT2D eigenvalue weighted by molar-refractivity contribution is -0.125. The third-order valence-electron chi connectivity index (χ3n) is 5.97. The Hall–Kier alpha value is -3.26. The van der Waals surface area contributed by atoms with Crippen molar-refractivity contribution in [1.82, 2.24) is 10.2 Å². The number of nitrogens with zero attached hydrogens (tertiary/aromatic N) is 1. The van der Waals surface area contributed by atoms with E-state index in [0.29, 0.717) is 23.7 Å². The molecule has 1 saturated heterocycles. The van der Waals surface area contributed by atoms with Gasteiger partial charge in [-0.15, -0.1) is 0 Å². The number of hydrogen-bond donors (Lipinski definition) is 1. The lowest BCUT2D eigenvalue weighted by atomic mass is 10.1. The minimum absolute atomic E-state index is 0.0993. The van der Waals surface area contributed by atoms with Gasteiger partial charge >= 0.3 is 5.63 Å². The largest absolute Gasteiger partial charge is 0.493 e. The summed E-state index contributed by atoms with van der Waals surface area (Å²) in [7, 11) is 3.09. The summed E-state index contributed by atoms with van der Waals surface area (Å²) < 4.78 is 15.9. The van der Waals surface area contributed by atoms with E-state index in [0.717, 1.165) is 30.4 Å². The number of aryl methyl sites for hydroxylation is 1. The number of likely N-dealkylation sites (tertiary alicyclic amines) is 1. The second-order valence-electron chi connectivity index (χ2n) is 8.39. The SMILES string of the molecule is CCCCCc1ccc(C(=O)N2C/C(=C/Cl)C[C@H]2C(=O)NCc2ccc(OC)c(OC)c2)c(=O)o1. The van der Waals surface area contributed by atoms with Gasteiger partial charge in [0.1, 0.15) is 17.4 Å². The molecule has 1 aliphatic rings. The van der Waals surface area contributed by atoms with Gasteiger partial charge in [0, 0.05) is 31.5 Å². The van der Waals surface area contributed by atoms with Gasteiger partial charge in [0.25, 0.3) is 5.91 Å². The maximum atomic E-state index is 13.2. The highest BCUT2D eigenvalue weighted by Crippen LogP contribution is 2.28. The zero-order valence-corrected chi connectivity index (χ0v) is 21.0. The maximum absolute atomic E-state index is 13.2. The lowest BCUT2D eigenvalue weighted by Gasteiger charge is -2.23. The predicted octanol–water partition coefficient (Wildman–Crippen LogP) is 4.04. The molecule has 2 amide bonds. The van der Waals surface area contributed by atoms with Crippen molar-refractivity contribution in [3.63, 3.8) is 0 Å². The Morgan fingerprint density at radius 2 is 1.94 bits per heavy atom. The molecule has 1 atom stereocenters. The Morgan fingerprint density at radius 1 is 1.17 bits per heavy atom. The first-order chi connectivity index (χ1) is 16.9. The van der Waals surface area contributed by atoms with Crippen LogP contribution in [0.1, 0.15) is 54.3 Å². The predicted molar refractivity (Wildman–Crippen MR) is 133 cm³/mol. The van der Waals surface area contributed by atoms with E-state index in [-0.39, 0.29) is 31.0 Å². The molecular weight excluding hydrogens is 472 g/mol. The first-order valence-electron chi connectivity index (χ1n) is 11.6. The number of ether oxygens (including phenoxy) is 2. The van der Waals surface area contributed by atoms with Gasteiger partial charge in [-0.2, -0.15) is 0 Å². The van der Waals surface area contributed by atoms with E-state index in [9.17, 15) is 14.4 Å². The topological polar surface area (TPSA) is 98.1 Å². The minimum atomic E-state index is -0.795. The number of benzene rings is 1. The Balaban J connectivity index is 1.73. The van der Waals surface area contributed by atoms with Crippen LogP contribution in [0.4, 0.5) is 0 Å². The summed E-state index contributed by atoms with van der Waals surface area (Å²) in [5.41, 5.74) is 2.11. The first kappa shape index (κ1) is 26.3. The van der Waals surface area contributed by atoms with Crippen LogP contribution in [0.5, 0.6) is 11.5 Å². The first-order valence-corrected chi connectivity index (χ1v) is 12.1. The van der Waals surface area contributed by atoms with Gasteiger partial charge in [-0.05, 0) is 41.8 Å². The van der Waals surface area contributed by atoms with Crippen LogP contribution in [0, 0.1) is 0 Å². The molecule has 2 aromatic rings. The third-order valence-corrected chi connectivity index (χ3v) is 6.28. The van der Waals surface area contributed by atoms with Crippen molar-refractivity contribution < 1.29 is 23.5 Å². The van der Waals surface area contributed by atoms with Crippen molar-refractivity contribution in [2.45, 2.75) is 51.6 Å². The van der Waals surface area contributed by atoms with E-state index in [1.54, 1.807) is 25.3 Å². The second kappa shape index (κ2) is 12.4. The average Bonchev–Trinajstić information content (AvgIpc) is 3.31. The molecule has 0 aliphatic carbocycles. The number of hydrogen-bond acceptors (Lipinski definition) is 6. The Kier molecular flexibility index (Phi) is 9.37. The van der Waals surface area contributed by atoms with Crippen LogP contribution < -0.4 is 20.4 Å². The summed E-state index contributed by atoms with van der Waals surface area (Å²) in [6, 6.07) is 7.69. The molecule has 1 fully saturated rings. The molecule has 1 aromatic carbocycles.